The maximum Gasteiger partial charge on any atom is 0.343 e. The molecular formula is C37H47ClN8O3. The number of nitrogens with one attached hydrogen (secondary N) is 1. The first-order valence-electron chi connectivity index (χ1n) is 17.5. The van der Waals surface area contributed by atoms with Crippen molar-refractivity contribution >= 4 is 29.1 Å². The van der Waals surface area contributed by atoms with Crippen molar-refractivity contribution in [1.29, 1.82) is 0 Å². The summed E-state index contributed by atoms with van der Waals surface area (Å²) in [6.45, 7) is 6.65. The van der Waals surface area contributed by atoms with Gasteiger partial charge in [-0.15, -0.1) is 11.5 Å². The highest BCUT2D eigenvalue weighted by molar-refractivity contribution is 6.33. The third kappa shape index (κ3) is 8.20. The molecule has 260 valence electrons. The van der Waals surface area contributed by atoms with Crippen LogP contribution in [-0.2, 0) is 16.0 Å². The van der Waals surface area contributed by atoms with E-state index in [9.17, 15) is 14.4 Å². The topological polar surface area (TPSA) is 124 Å². The van der Waals surface area contributed by atoms with Gasteiger partial charge in [-0.25, -0.2) is 9.48 Å². The Hall–Kier alpha value is -4.11. The van der Waals surface area contributed by atoms with Crippen LogP contribution in [0.15, 0.2) is 47.3 Å². The molecule has 11 nitrogen and oxygen atoms in total. The molecule has 49 heavy (non-hydrogen) atoms. The lowest BCUT2D eigenvalue weighted by Gasteiger charge is -2.39. The molecule has 3 saturated heterocycles. The first-order valence-corrected chi connectivity index (χ1v) is 17.9. The molecule has 0 bridgehead atoms. The number of nitrogens with two attached hydrogens (primary N) is 1. The molecule has 3 fully saturated rings. The van der Waals surface area contributed by atoms with E-state index in [0.29, 0.717) is 73.6 Å². The number of H-pyrrole nitrogens is 1. The summed E-state index contributed by atoms with van der Waals surface area (Å²) in [5, 5.41) is 4.92. The summed E-state index contributed by atoms with van der Waals surface area (Å²) in [5.74, 6) is 2.47. The van der Waals surface area contributed by atoms with Gasteiger partial charge in [-0.1, -0.05) is 47.9 Å². The van der Waals surface area contributed by atoms with E-state index < -0.39 is 5.92 Å². The Labute approximate surface area is 293 Å². The van der Waals surface area contributed by atoms with Crippen molar-refractivity contribution in [2.45, 2.75) is 57.0 Å². The molecule has 6 rings (SSSR count). The van der Waals surface area contributed by atoms with Gasteiger partial charge in [0.1, 0.15) is 0 Å². The SMILES string of the molecule is C#Cc1cc(C[C@@H](CC(=O)N2CCC(n3nc(-c4ccccc4)[nH]c3=O)CC2)C(=O)N2CCC(N3CCCN(C)CC3)CC2)cc(Cl)c1N. The minimum absolute atomic E-state index is 0.0102. The highest BCUT2D eigenvalue weighted by Gasteiger charge is 2.34. The number of nitrogens with zero attached hydrogens (tertiary/aromatic N) is 6. The summed E-state index contributed by atoms with van der Waals surface area (Å²) in [6.07, 6.45) is 10.3. The molecule has 2 amide bonds. The fourth-order valence-electron chi connectivity index (χ4n) is 7.59. The van der Waals surface area contributed by atoms with Gasteiger partial charge in [0.05, 0.1) is 22.7 Å². The fraction of sp³-hybridized carbons (Fsp3) is 0.514. The Kier molecular flexibility index (Phi) is 11.1. The van der Waals surface area contributed by atoms with Crippen molar-refractivity contribution in [3.63, 3.8) is 0 Å². The Morgan fingerprint density at radius 1 is 0.980 bits per heavy atom. The highest BCUT2D eigenvalue weighted by atomic mass is 35.5. The number of hydrogen-bond donors (Lipinski definition) is 2. The molecule has 0 unspecified atom stereocenters. The number of rotatable bonds is 8. The third-order valence-electron chi connectivity index (χ3n) is 10.5. The van der Waals surface area contributed by atoms with Crippen LogP contribution >= 0.6 is 11.6 Å². The van der Waals surface area contributed by atoms with E-state index >= 15 is 0 Å². The van der Waals surface area contributed by atoms with E-state index in [4.69, 9.17) is 23.8 Å². The second-order valence-electron chi connectivity index (χ2n) is 13.7. The van der Waals surface area contributed by atoms with Gasteiger partial charge in [0.15, 0.2) is 5.82 Å². The van der Waals surface area contributed by atoms with Crippen LogP contribution in [0.25, 0.3) is 11.4 Å². The molecular weight excluding hydrogens is 640 g/mol. The first-order chi connectivity index (χ1) is 23.7. The van der Waals surface area contributed by atoms with Gasteiger partial charge >= 0.3 is 5.69 Å². The number of hydrogen-bond acceptors (Lipinski definition) is 7. The summed E-state index contributed by atoms with van der Waals surface area (Å²) in [5.41, 5.74) is 8.28. The lowest BCUT2D eigenvalue weighted by atomic mass is 9.91. The lowest BCUT2D eigenvalue weighted by Crippen LogP contribution is -2.50. The van der Waals surface area contributed by atoms with Crippen molar-refractivity contribution in [3.05, 3.63) is 69.1 Å². The second-order valence-corrected chi connectivity index (χ2v) is 14.1. The Bertz CT molecular complexity index is 1720. The smallest absolute Gasteiger partial charge is 0.343 e. The molecule has 1 atom stereocenters. The summed E-state index contributed by atoms with van der Waals surface area (Å²) >= 11 is 6.43. The number of benzene rings is 2. The van der Waals surface area contributed by atoms with Crippen LogP contribution < -0.4 is 11.4 Å². The largest absolute Gasteiger partial charge is 0.397 e. The van der Waals surface area contributed by atoms with Gasteiger partial charge in [0.2, 0.25) is 11.8 Å². The van der Waals surface area contributed by atoms with E-state index in [-0.39, 0.29) is 30.0 Å². The molecule has 12 heteroatoms. The van der Waals surface area contributed by atoms with Crippen molar-refractivity contribution in [2.75, 3.05) is 65.1 Å². The number of likely N-dealkylation sites (tertiary alicyclic amines) is 2. The Morgan fingerprint density at radius 3 is 2.39 bits per heavy atom. The predicted octanol–water partition coefficient (Wildman–Crippen LogP) is 3.50. The zero-order valence-corrected chi connectivity index (χ0v) is 29.1. The van der Waals surface area contributed by atoms with E-state index in [1.807, 2.05) is 40.1 Å². The second kappa shape index (κ2) is 15.6. The van der Waals surface area contributed by atoms with Crippen molar-refractivity contribution in [2.24, 2.45) is 5.92 Å². The normalized spacial score (nSPS) is 19.4. The van der Waals surface area contributed by atoms with E-state index in [1.54, 1.807) is 12.1 Å². The molecule has 0 aliphatic carbocycles. The molecule has 4 heterocycles. The number of terminal acetylenes is 1. The van der Waals surface area contributed by atoms with Crippen LogP contribution in [0.3, 0.4) is 0 Å². The minimum atomic E-state index is -0.568. The maximum atomic E-state index is 14.2. The summed E-state index contributed by atoms with van der Waals surface area (Å²) in [4.78, 5) is 52.4. The van der Waals surface area contributed by atoms with Gasteiger partial charge in [-0.05, 0) is 76.4 Å². The van der Waals surface area contributed by atoms with Crippen molar-refractivity contribution < 1.29 is 9.59 Å². The number of likely N-dealkylation sites (N-methyl/N-ethyl adjacent to an activating group) is 1. The monoisotopic (exact) mass is 686 g/mol. The molecule has 2 aromatic carbocycles. The van der Waals surface area contributed by atoms with Gasteiger partial charge in [-0.3, -0.25) is 19.5 Å². The van der Waals surface area contributed by atoms with E-state index in [0.717, 1.165) is 56.6 Å². The zero-order valence-electron chi connectivity index (χ0n) is 28.3. The summed E-state index contributed by atoms with van der Waals surface area (Å²) in [6, 6.07) is 13.4. The number of nitrogen functional groups attached to an aromatic ring is 1. The van der Waals surface area contributed by atoms with Crippen molar-refractivity contribution in [1.82, 2.24) is 34.4 Å². The number of aromatic nitrogens is 3. The standard InChI is InChI=1S/C37H47ClN8O3/c1-3-27-22-26(24-32(38)34(27)39)23-29(36(48)45-18-10-30(11-19-45)43-15-7-14-42(2)20-21-43)25-33(47)44-16-12-31(13-17-44)46-37(49)40-35(41-46)28-8-5-4-6-9-28/h1,4-6,8-9,22,24,29-31H,7,10-21,23,25,39H2,2H3,(H,40,41,49)/t29-/m0/s1. The average Bonchev–Trinajstić information content (AvgIpc) is 3.38. The Morgan fingerprint density at radius 2 is 1.67 bits per heavy atom. The number of carbonyl (C=O) groups excluding carboxylic acids is 2. The quantitative estimate of drug-likeness (QED) is 0.275. The molecule has 1 aromatic heterocycles. The van der Waals surface area contributed by atoms with Gasteiger partial charge < -0.3 is 20.4 Å². The average molecular weight is 687 g/mol. The van der Waals surface area contributed by atoms with Gasteiger partial charge in [0.25, 0.3) is 0 Å². The predicted molar refractivity (Wildman–Crippen MR) is 192 cm³/mol. The number of halogens is 1. The number of anilines is 1. The zero-order chi connectivity index (χ0) is 34.5. The highest BCUT2D eigenvalue weighted by Crippen LogP contribution is 2.29. The molecule has 3 aliphatic heterocycles. The van der Waals surface area contributed by atoms with Crippen LogP contribution in [0.2, 0.25) is 5.02 Å². The fourth-order valence-corrected chi connectivity index (χ4v) is 7.84. The van der Waals surface area contributed by atoms with Crippen LogP contribution in [0, 0.1) is 18.3 Å². The van der Waals surface area contributed by atoms with Gasteiger partial charge in [0, 0.05) is 62.9 Å². The summed E-state index contributed by atoms with van der Waals surface area (Å²) in [7, 11) is 2.18. The molecule has 0 spiro atoms. The molecule has 0 saturated carbocycles. The first kappa shape index (κ1) is 34.7. The Balaban J connectivity index is 1.12. The number of piperidine rings is 2. The van der Waals surface area contributed by atoms with Crippen LogP contribution in [0.5, 0.6) is 0 Å². The van der Waals surface area contributed by atoms with Crippen LogP contribution in [-0.4, -0.2) is 112 Å². The maximum absolute atomic E-state index is 14.2. The lowest BCUT2D eigenvalue weighted by molar-refractivity contribution is -0.143. The molecule has 3 N–H and O–H groups in total. The third-order valence-corrected chi connectivity index (χ3v) is 10.8. The van der Waals surface area contributed by atoms with Crippen LogP contribution in [0.1, 0.15) is 55.7 Å². The minimum Gasteiger partial charge on any atom is -0.397 e. The molecule has 3 aliphatic rings. The number of amides is 2. The van der Waals surface area contributed by atoms with Crippen LogP contribution in [0.4, 0.5) is 5.69 Å². The number of aromatic amines is 1. The molecule has 3 aromatic rings. The summed E-state index contributed by atoms with van der Waals surface area (Å²) < 4.78 is 1.51. The van der Waals surface area contributed by atoms with Gasteiger partial charge in [-0.2, -0.15) is 0 Å². The van der Waals surface area contributed by atoms with E-state index in [2.05, 4.69) is 32.9 Å². The van der Waals surface area contributed by atoms with E-state index in [1.165, 1.54) is 4.68 Å². The number of carbonyl (C=O) groups is 2. The molecule has 0 radical (unpaired) electrons. The van der Waals surface area contributed by atoms with Crippen molar-refractivity contribution in [3.8, 4) is 23.7 Å².